The number of carbonyl (C=O) groups is 1. The van der Waals surface area contributed by atoms with Gasteiger partial charge >= 0.3 is 0 Å². The molecular weight excluding hydrogens is 371 g/mol. The minimum atomic E-state index is -0.255. The molecule has 0 spiro atoms. The lowest BCUT2D eigenvalue weighted by molar-refractivity contribution is -0.136. The molecule has 2 aliphatic heterocycles. The first kappa shape index (κ1) is 19.2. The van der Waals surface area contributed by atoms with Crippen LogP contribution < -0.4 is 5.32 Å². The largest absolute Gasteiger partial charge is 0.333 e. The molecule has 138 valence electrons. The molecule has 1 saturated heterocycles. The van der Waals surface area contributed by atoms with Gasteiger partial charge in [0.1, 0.15) is 5.82 Å². The lowest BCUT2D eigenvalue weighted by Crippen LogP contribution is -2.50. The van der Waals surface area contributed by atoms with Crippen molar-refractivity contribution in [1.29, 1.82) is 0 Å². The molecule has 1 amide bonds. The van der Waals surface area contributed by atoms with Crippen molar-refractivity contribution in [2.45, 2.75) is 23.3 Å². The standard InChI is InChI=1S/C20H21FN2OS.ClH/c21-15-5-3-4-14(12-15)18-13-22-9-10-23(18)20(24)17-8-11-25-19-7-2-1-6-16(17)19;/h1-7,12,17-18,22H,8-11,13H2;1H. The molecule has 0 saturated carbocycles. The molecule has 0 aromatic heterocycles. The Kier molecular flexibility index (Phi) is 6.22. The maximum absolute atomic E-state index is 13.7. The molecule has 4 rings (SSSR count). The van der Waals surface area contributed by atoms with Crippen LogP contribution in [0.5, 0.6) is 0 Å². The smallest absolute Gasteiger partial charge is 0.230 e. The summed E-state index contributed by atoms with van der Waals surface area (Å²) in [6.07, 6.45) is 0.861. The summed E-state index contributed by atoms with van der Waals surface area (Å²) in [7, 11) is 0. The number of carbonyl (C=O) groups excluding carboxylic acids is 1. The highest BCUT2D eigenvalue weighted by atomic mass is 35.5. The zero-order chi connectivity index (χ0) is 17.2. The van der Waals surface area contributed by atoms with Crippen molar-refractivity contribution in [3.8, 4) is 0 Å². The monoisotopic (exact) mass is 392 g/mol. The maximum Gasteiger partial charge on any atom is 0.230 e. The van der Waals surface area contributed by atoms with Crippen molar-refractivity contribution < 1.29 is 9.18 Å². The van der Waals surface area contributed by atoms with E-state index in [0.29, 0.717) is 13.1 Å². The molecule has 2 heterocycles. The Bertz CT molecular complexity index is 788. The van der Waals surface area contributed by atoms with E-state index in [-0.39, 0.29) is 36.1 Å². The number of benzene rings is 2. The molecule has 1 fully saturated rings. The van der Waals surface area contributed by atoms with Crippen molar-refractivity contribution in [3.05, 3.63) is 65.5 Å². The van der Waals surface area contributed by atoms with Gasteiger partial charge in [-0.25, -0.2) is 4.39 Å². The molecule has 2 aromatic rings. The van der Waals surface area contributed by atoms with E-state index in [2.05, 4.69) is 17.4 Å². The topological polar surface area (TPSA) is 32.3 Å². The van der Waals surface area contributed by atoms with E-state index in [0.717, 1.165) is 29.8 Å². The second-order valence-corrected chi connectivity index (χ2v) is 7.67. The number of fused-ring (bicyclic) bond motifs is 1. The van der Waals surface area contributed by atoms with Crippen molar-refractivity contribution in [3.63, 3.8) is 0 Å². The fourth-order valence-corrected chi connectivity index (χ4v) is 4.90. The number of nitrogens with zero attached hydrogens (tertiary/aromatic N) is 1. The van der Waals surface area contributed by atoms with Gasteiger partial charge in [0.15, 0.2) is 0 Å². The van der Waals surface area contributed by atoms with Crippen molar-refractivity contribution in [2.75, 3.05) is 25.4 Å². The van der Waals surface area contributed by atoms with Gasteiger partial charge in [-0.15, -0.1) is 24.2 Å². The lowest BCUT2D eigenvalue weighted by atomic mass is 9.92. The first-order valence-corrected chi connectivity index (χ1v) is 9.71. The molecule has 2 unspecified atom stereocenters. The third kappa shape index (κ3) is 3.75. The van der Waals surface area contributed by atoms with Gasteiger partial charge in [-0.2, -0.15) is 0 Å². The molecule has 0 bridgehead atoms. The normalized spacial score (nSPS) is 22.3. The molecule has 2 atom stereocenters. The highest BCUT2D eigenvalue weighted by molar-refractivity contribution is 7.99. The van der Waals surface area contributed by atoms with E-state index in [1.54, 1.807) is 12.1 Å². The zero-order valence-corrected chi connectivity index (χ0v) is 16.0. The lowest BCUT2D eigenvalue weighted by Gasteiger charge is -2.39. The summed E-state index contributed by atoms with van der Waals surface area (Å²) in [5.41, 5.74) is 2.00. The number of hydrogen-bond acceptors (Lipinski definition) is 3. The Morgan fingerprint density at radius 2 is 2.04 bits per heavy atom. The predicted molar refractivity (Wildman–Crippen MR) is 105 cm³/mol. The Hall–Kier alpha value is -1.56. The third-order valence-corrected chi connectivity index (χ3v) is 6.14. The highest BCUT2D eigenvalue weighted by Crippen LogP contribution is 2.39. The zero-order valence-electron chi connectivity index (χ0n) is 14.4. The van der Waals surface area contributed by atoms with E-state index in [9.17, 15) is 9.18 Å². The third-order valence-electron chi connectivity index (χ3n) is 5.02. The molecule has 3 nitrogen and oxygen atoms in total. The number of amides is 1. The Morgan fingerprint density at radius 1 is 1.19 bits per heavy atom. The number of piperazine rings is 1. The summed E-state index contributed by atoms with van der Waals surface area (Å²) in [6, 6.07) is 14.7. The predicted octanol–water partition coefficient (Wildman–Crippen LogP) is 4.00. The van der Waals surface area contributed by atoms with Gasteiger partial charge in [-0.05, 0) is 41.5 Å². The summed E-state index contributed by atoms with van der Waals surface area (Å²) in [5, 5.41) is 3.34. The van der Waals surface area contributed by atoms with Crippen LogP contribution in [-0.4, -0.2) is 36.2 Å². The van der Waals surface area contributed by atoms with Crippen LogP contribution in [0.2, 0.25) is 0 Å². The SMILES string of the molecule is Cl.O=C(C1CCSc2ccccc21)N1CCNCC1c1cccc(F)c1. The van der Waals surface area contributed by atoms with E-state index in [4.69, 9.17) is 0 Å². The van der Waals surface area contributed by atoms with Crippen molar-refractivity contribution in [2.24, 2.45) is 0 Å². The fourth-order valence-electron chi connectivity index (χ4n) is 3.78. The van der Waals surface area contributed by atoms with Crippen LogP contribution in [0.1, 0.15) is 29.5 Å². The van der Waals surface area contributed by atoms with Gasteiger partial charge in [0, 0.05) is 24.5 Å². The number of rotatable bonds is 2. The highest BCUT2D eigenvalue weighted by Gasteiger charge is 2.35. The first-order valence-electron chi connectivity index (χ1n) is 8.72. The summed E-state index contributed by atoms with van der Waals surface area (Å²) >= 11 is 1.82. The van der Waals surface area contributed by atoms with Gasteiger partial charge < -0.3 is 10.2 Å². The van der Waals surface area contributed by atoms with Crippen molar-refractivity contribution in [1.82, 2.24) is 10.2 Å². The van der Waals surface area contributed by atoms with Crippen LogP contribution in [0.25, 0.3) is 0 Å². The van der Waals surface area contributed by atoms with E-state index in [1.807, 2.05) is 34.9 Å². The second-order valence-electron chi connectivity index (χ2n) is 6.53. The minimum absolute atomic E-state index is 0. The van der Waals surface area contributed by atoms with Gasteiger partial charge in [-0.1, -0.05) is 30.3 Å². The molecule has 6 heteroatoms. The Morgan fingerprint density at radius 3 is 2.88 bits per heavy atom. The Balaban J connectivity index is 0.00000196. The van der Waals surface area contributed by atoms with Crippen molar-refractivity contribution >= 4 is 30.1 Å². The molecule has 0 aliphatic carbocycles. The summed E-state index contributed by atoms with van der Waals surface area (Å²) in [4.78, 5) is 16.5. The molecule has 2 aromatic carbocycles. The second kappa shape index (κ2) is 8.42. The molecule has 1 N–H and O–H groups in total. The summed E-state index contributed by atoms with van der Waals surface area (Å²) in [6.45, 7) is 2.10. The van der Waals surface area contributed by atoms with Crippen LogP contribution in [0, 0.1) is 5.82 Å². The van der Waals surface area contributed by atoms with E-state index in [1.165, 1.54) is 11.0 Å². The number of thioether (sulfide) groups is 1. The van der Waals surface area contributed by atoms with Crippen LogP contribution in [0.4, 0.5) is 4.39 Å². The van der Waals surface area contributed by atoms with Gasteiger partial charge in [0.05, 0.1) is 12.0 Å². The molecule has 2 aliphatic rings. The Labute approximate surface area is 163 Å². The molecular formula is C20H22ClFN2OS. The number of halogens is 2. The average Bonchev–Trinajstić information content (AvgIpc) is 2.67. The fraction of sp³-hybridized carbons (Fsp3) is 0.350. The summed E-state index contributed by atoms with van der Waals surface area (Å²) in [5.74, 6) is 0.787. The average molecular weight is 393 g/mol. The number of hydrogen-bond donors (Lipinski definition) is 1. The summed E-state index contributed by atoms with van der Waals surface area (Å²) < 4.78 is 13.7. The first-order chi connectivity index (χ1) is 12.2. The maximum atomic E-state index is 13.7. The minimum Gasteiger partial charge on any atom is -0.333 e. The van der Waals surface area contributed by atoms with Gasteiger partial charge in [-0.3, -0.25) is 4.79 Å². The molecule has 0 radical (unpaired) electrons. The van der Waals surface area contributed by atoms with E-state index >= 15 is 0 Å². The van der Waals surface area contributed by atoms with Gasteiger partial charge in [0.2, 0.25) is 5.91 Å². The van der Waals surface area contributed by atoms with Gasteiger partial charge in [0.25, 0.3) is 0 Å². The van der Waals surface area contributed by atoms with E-state index < -0.39 is 0 Å². The van der Waals surface area contributed by atoms with Crippen LogP contribution in [-0.2, 0) is 4.79 Å². The quantitative estimate of drug-likeness (QED) is 0.838. The number of nitrogens with one attached hydrogen (secondary N) is 1. The molecule has 26 heavy (non-hydrogen) atoms. The van der Waals surface area contributed by atoms with Crippen LogP contribution >= 0.6 is 24.2 Å². The van der Waals surface area contributed by atoms with Crippen LogP contribution in [0.3, 0.4) is 0 Å². The van der Waals surface area contributed by atoms with Crippen LogP contribution in [0.15, 0.2) is 53.4 Å².